The molecule has 198 valence electrons. The van der Waals surface area contributed by atoms with Gasteiger partial charge in [-0.15, -0.1) is 0 Å². The van der Waals surface area contributed by atoms with E-state index in [0.29, 0.717) is 0 Å². The van der Waals surface area contributed by atoms with Crippen molar-refractivity contribution in [1.82, 2.24) is 10.6 Å². The molecule has 12 heteroatoms. The third-order valence-corrected chi connectivity index (χ3v) is 3.73. The first-order valence-electron chi connectivity index (χ1n) is 10.2. The van der Waals surface area contributed by atoms with Gasteiger partial charge >= 0.3 is 17.9 Å². The van der Waals surface area contributed by atoms with E-state index in [1.807, 2.05) is 45.9 Å². The molecule has 0 saturated carbocycles. The molecule has 12 nitrogen and oxygen atoms in total. The van der Waals surface area contributed by atoms with E-state index in [9.17, 15) is 4.79 Å². The molecule has 0 aliphatic carbocycles. The summed E-state index contributed by atoms with van der Waals surface area (Å²) in [7, 11) is 6.61. The highest BCUT2D eigenvalue weighted by atomic mass is 16.5. The number of ether oxygens (including phenoxy) is 4. The maximum Gasteiger partial charge on any atom is 0.414 e. The fourth-order valence-electron chi connectivity index (χ4n) is 1.70. The first-order chi connectivity index (χ1) is 15.8. The van der Waals surface area contributed by atoms with Crippen LogP contribution in [0.2, 0.25) is 0 Å². The SMILES string of the molecule is COC(C)NC(C)OC.COC(C)NC(C)OC.O=C(O)C(=O)O.O=C(O)Cc1ccccc1. The Balaban J connectivity index is -0.000000383. The van der Waals surface area contributed by atoms with Crippen LogP contribution in [0.25, 0.3) is 0 Å². The van der Waals surface area contributed by atoms with E-state index in [-0.39, 0.29) is 31.3 Å². The molecule has 0 spiro atoms. The van der Waals surface area contributed by atoms with Crippen LogP contribution in [0.3, 0.4) is 0 Å². The zero-order valence-electron chi connectivity index (χ0n) is 21.1. The van der Waals surface area contributed by atoms with E-state index < -0.39 is 17.9 Å². The number of benzene rings is 1. The molecule has 34 heavy (non-hydrogen) atoms. The second-order valence-electron chi connectivity index (χ2n) is 6.51. The zero-order chi connectivity index (χ0) is 27.1. The highest BCUT2D eigenvalue weighted by molar-refractivity contribution is 6.27. The van der Waals surface area contributed by atoms with Crippen molar-refractivity contribution < 1.29 is 48.7 Å². The number of rotatable bonds is 10. The normalized spacial score (nSPS) is 13.2. The summed E-state index contributed by atoms with van der Waals surface area (Å²) in [5.41, 5.74) is 0.843. The van der Waals surface area contributed by atoms with Crippen LogP contribution < -0.4 is 10.6 Å². The monoisotopic (exact) mass is 492 g/mol. The van der Waals surface area contributed by atoms with Crippen LogP contribution in [0.4, 0.5) is 0 Å². The van der Waals surface area contributed by atoms with Crippen molar-refractivity contribution in [1.29, 1.82) is 0 Å². The fourth-order valence-corrected chi connectivity index (χ4v) is 1.70. The maximum absolute atomic E-state index is 10.2. The summed E-state index contributed by atoms with van der Waals surface area (Å²) in [4.78, 5) is 28.4. The summed E-state index contributed by atoms with van der Waals surface area (Å²) in [5, 5.41) is 29.2. The van der Waals surface area contributed by atoms with Crippen LogP contribution in [0, 0.1) is 0 Å². The van der Waals surface area contributed by atoms with Crippen LogP contribution in [-0.4, -0.2) is 86.6 Å². The first kappa shape index (κ1) is 36.0. The lowest BCUT2D eigenvalue weighted by molar-refractivity contribution is -0.159. The first-order valence-corrected chi connectivity index (χ1v) is 10.2. The predicted octanol–water partition coefficient (Wildman–Crippen LogP) is 1.59. The van der Waals surface area contributed by atoms with Crippen molar-refractivity contribution in [2.45, 2.75) is 59.0 Å². The van der Waals surface area contributed by atoms with Gasteiger partial charge in [0.25, 0.3) is 0 Å². The van der Waals surface area contributed by atoms with Crippen molar-refractivity contribution >= 4 is 17.9 Å². The fraction of sp³-hybridized carbons (Fsp3) is 0.591. The van der Waals surface area contributed by atoms with E-state index in [4.69, 9.17) is 43.9 Å². The van der Waals surface area contributed by atoms with Gasteiger partial charge in [-0.05, 0) is 33.3 Å². The number of nitrogens with one attached hydrogen (secondary N) is 2. The molecule has 1 rings (SSSR count). The minimum absolute atomic E-state index is 0.0555. The molecule has 0 radical (unpaired) electrons. The van der Waals surface area contributed by atoms with Crippen molar-refractivity contribution in [3.63, 3.8) is 0 Å². The minimum atomic E-state index is -1.82. The summed E-state index contributed by atoms with van der Waals surface area (Å²) >= 11 is 0. The summed E-state index contributed by atoms with van der Waals surface area (Å²) in [5.74, 6) is -4.43. The highest BCUT2D eigenvalue weighted by Crippen LogP contribution is 1.98. The van der Waals surface area contributed by atoms with Gasteiger partial charge in [0.1, 0.15) is 24.9 Å². The molecule has 0 amide bonds. The van der Waals surface area contributed by atoms with Crippen molar-refractivity contribution in [3.8, 4) is 0 Å². The quantitative estimate of drug-likeness (QED) is 0.236. The maximum atomic E-state index is 10.2. The lowest BCUT2D eigenvalue weighted by Crippen LogP contribution is -2.36. The number of carboxylic acid groups (broad SMARTS) is 3. The Morgan fingerprint density at radius 2 is 0.971 bits per heavy atom. The lowest BCUT2D eigenvalue weighted by Gasteiger charge is -2.16. The molecule has 4 atom stereocenters. The van der Waals surface area contributed by atoms with Crippen LogP contribution in [0.5, 0.6) is 0 Å². The number of hydrogen-bond acceptors (Lipinski definition) is 9. The summed E-state index contributed by atoms with van der Waals surface area (Å²) < 4.78 is 19.7. The Morgan fingerprint density at radius 3 is 1.18 bits per heavy atom. The van der Waals surface area contributed by atoms with Crippen molar-refractivity contribution in [2.24, 2.45) is 0 Å². The van der Waals surface area contributed by atoms with E-state index in [0.717, 1.165) is 5.56 Å². The molecule has 0 aliphatic rings. The van der Waals surface area contributed by atoms with E-state index in [1.54, 1.807) is 40.6 Å². The smallest absolute Gasteiger partial charge is 0.414 e. The number of hydrogen-bond donors (Lipinski definition) is 5. The molecule has 4 unspecified atom stereocenters. The molecule has 1 aromatic rings. The van der Waals surface area contributed by atoms with Gasteiger partial charge in [0.2, 0.25) is 0 Å². The third kappa shape index (κ3) is 27.4. The minimum Gasteiger partial charge on any atom is -0.481 e. The van der Waals surface area contributed by atoms with Gasteiger partial charge in [-0.2, -0.15) is 0 Å². The summed E-state index contributed by atoms with van der Waals surface area (Å²) in [6.45, 7) is 7.70. The Bertz CT molecular complexity index is 600. The average molecular weight is 493 g/mol. The Kier molecular flexibility index (Phi) is 24.9. The van der Waals surface area contributed by atoms with E-state index in [1.165, 1.54) is 0 Å². The lowest BCUT2D eigenvalue weighted by atomic mass is 10.2. The molecule has 0 heterocycles. The van der Waals surface area contributed by atoms with Gasteiger partial charge in [0.15, 0.2) is 0 Å². The zero-order valence-corrected chi connectivity index (χ0v) is 21.1. The Morgan fingerprint density at radius 1 is 0.676 bits per heavy atom. The van der Waals surface area contributed by atoms with Crippen LogP contribution >= 0.6 is 0 Å². The Labute approximate surface area is 201 Å². The average Bonchev–Trinajstić information content (AvgIpc) is 2.80. The molecular weight excluding hydrogens is 452 g/mol. The van der Waals surface area contributed by atoms with Gasteiger partial charge in [-0.1, -0.05) is 30.3 Å². The van der Waals surface area contributed by atoms with Crippen LogP contribution in [-0.2, 0) is 39.8 Å². The van der Waals surface area contributed by atoms with Gasteiger partial charge < -0.3 is 34.3 Å². The van der Waals surface area contributed by atoms with Crippen LogP contribution in [0.1, 0.15) is 33.3 Å². The molecule has 5 N–H and O–H groups in total. The molecule has 0 aromatic heterocycles. The molecule has 0 fully saturated rings. The van der Waals surface area contributed by atoms with E-state index >= 15 is 0 Å². The predicted molar refractivity (Wildman–Crippen MR) is 125 cm³/mol. The largest absolute Gasteiger partial charge is 0.481 e. The van der Waals surface area contributed by atoms with Gasteiger partial charge in [-0.3, -0.25) is 15.4 Å². The van der Waals surface area contributed by atoms with Gasteiger partial charge in [-0.25, -0.2) is 9.59 Å². The molecule has 0 saturated heterocycles. The molecule has 0 bridgehead atoms. The molecular formula is C22H40N2O10. The van der Waals surface area contributed by atoms with Crippen molar-refractivity contribution in [3.05, 3.63) is 35.9 Å². The summed E-state index contributed by atoms with van der Waals surface area (Å²) in [6, 6.07) is 9.13. The van der Waals surface area contributed by atoms with Crippen LogP contribution in [0.15, 0.2) is 30.3 Å². The molecule has 0 aliphatic heterocycles. The summed E-state index contributed by atoms with van der Waals surface area (Å²) in [6.07, 6.45) is 0.334. The van der Waals surface area contributed by atoms with Gasteiger partial charge in [0.05, 0.1) is 6.42 Å². The topological polar surface area (TPSA) is 173 Å². The standard InChI is InChI=1S/C8H8O2.2C6H15NO2.C2H2O4/c9-8(10)6-7-4-2-1-3-5-7;2*1-5(8-3)7-6(2)9-4;3-1(4)2(5)6/h1-5H,6H2,(H,9,10);2*5-7H,1-4H3;(H,3,4)(H,5,6). The number of aliphatic carboxylic acids is 3. The second-order valence-corrected chi connectivity index (χ2v) is 6.51. The van der Waals surface area contributed by atoms with E-state index in [2.05, 4.69) is 10.6 Å². The number of carbonyl (C=O) groups is 3. The van der Waals surface area contributed by atoms with Crippen molar-refractivity contribution in [2.75, 3.05) is 28.4 Å². The second kappa shape index (κ2) is 23.5. The third-order valence-electron chi connectivity index (χ3n) is 3.73. The number of carboxylic acids is 3. The molecule has 1 aromatic carbocycles. The highest BCUT2D eigenvalue weighted by Gasteiger charge is 2.04. The Hall–Kier alpha value is -2.61. The van der Waals surface area contributed by atoms with Gasteiger partial charge in [0, 0.05) is 28.4 Å². The number of methoxy groups -OCH3 is 4.